The minimum Gasteiger partial charge on any atom is -0.497 e. The summed E-state index contributed by atoms with van der Waals surface area (Å²) in [5.74, 6) is 1.50. The summed E-state index contributed by atoms with van der Waals surface area (Å²) in [7, 11) is 1.65. The van der Waals surface area contributed by atoms with Crippen LogP contribution >= 0.6 is 23.1 Å². The number of aromatic nitrogens is 2. The molecule has 0 radical (unpaired) electrons. The summed E-state index contributed by atoms with van der Waals surface area (Å²) in [6.07, 6.45) is 8.58. The quantitative estimate of drug-likeness (QED) is 0.256. The molecule has 32 heavy (non-hydrogen) atoms. The molecular formula is C26H24N2O2S2. The molecule has 6 heteroatoms. The highest BCUT2D eigenvalue weighted by Crippen LogP contribution is 2.35. The van der Waals surface area contributed by atoms with E-state index < -0.39 is 0 Å². The molecule has 4 nitrogen and oxygen atoms in total. The number of fused-ring (bicyclic) bond motifs is 3. The lowest BCUT2D eigenvalue weighted by atomic mass is 9.97. The van der Waals surface area contributed by atoms with Crippen LogP contribution in [0.15, 0.2) is 70.6 Å². The van der Waals surface area contributed by atoms with Crippen molar-refractivity contribution in [3.8, 4) is 11.4 Å². The fourth-order valence-corrected chi connectivity index (χ4v) is 6.24. The lowest BCUT2D eigenvalue weighted by Gasteiger charge is -2.13. The zero-order valence-electron chi connectivity index (χ0n) is 17.9. The largest absolute Gasteiger partial charge is 0.497 e. The molecule has 2 heterocycles. The molecule has 0 atom stereocenters. The smallest absolute Gasteiger partial charge is 0.267 e. The second-order valence-electron chi connectivity index (χ2n) is 7.75. The Balaban J connectivity index is 1.56. The van der Waals surface area contributed by atoms with E-state index in [-0.39, 0.29) is 5.56 Å². The van der Waals surface area contributed by atoms with Crippen LogP contribution < -0.4 is 10.3 Å². The molecule has 0 bridgehead atoms. The van der Waals surface area contributed by atoms with Crippen LogP contribution in [0.1, 0.15) is 28.8 Å². The molecule has 0 N–H and O–H groups in total. The van der Waals surface area contributed by atoms with E-state index in [0.29, 0.717) is 0 Å². The summed E-state index contributed by atoms with van der Waals surface area (Å²) in [5.41, 5.74) is 3.23. The van der Waals surface area contributed by atoms with E-state index in [0.717, 1.165) is 57.4 Å². The standard InChI is InChI=1S/C26H24N2O2S2/c1-30-20-15-13-19(14-16-20)28-25(29)23-21-11-5-6-12-22(21)32-24(23)27-26(28)31-17-7-10-18-8-3-2-4-9-18/h2-4,7-10,13-16H,5-6,11-12,17H2,1H3. The van der Waals surface area contributed by atoms with Gasteiger partial charge in [0.2, 0.25) is 0 Å². The van der Waals surface area contributed by atoms with Crippen molar-refractivity contribution in [2.45, 2.75) is 30.8 Å². The number of ether oxygens (including phenoxy) is 1. The summed E-state index contributed by atoms with van der Waals surface area (Å²) in [6.45, 7) is 0. The molecule has 0 amide bonds. The highest BCUT2D eigenvalue weighted by molar-refractivity contribution is 7.99. The van der Waals surface area contributed by atoms with Gasteiger partial charge >= 0.3 is 0 Å². The Bertz CT molecular complexity index is 1320. The Morgan fingerprint density at radius 2 is 1.88 bits per heavy atom. The first-order chi connectivity index (χ1) is 15.7. The third kappa shape index (κ3) is 4.12. The molecule has 4 aromatic rings. The van der Waals surface area contributed by atoms with Gasteiger partial charge in [-0.1, -0.05) is 54.2 Å². The number of nitrogens with zero attached hydrogens (tertiary/aromatic N) is 2. The Hall–Kier alpha value is -2.83. The van der Waals surface area contributed by atoms with E-state index in [2.05, 4.69) is 24.3 Å². The van der Waals surface area contributed by atoms with Gasteiger partial charge in [-0.25, -0.2) is 4.98 Å². The van der Waals surface area contributed by atoms with Crippen molar-refractivity contribution < 1.29 is 4.74 Å². The highest BCUT2D eigenvalue weighted by atomic mass is 32.2. The van der Waals surface area contributed by atoms with Crippen molar-refractivity contribution in [1.29, 1.82) is 0 Å². The van der Waals surface area contributed by atoms with E-state index in [9.17, 15) is 4.79 Å². The number of aryl methyl sites for hydroxylation is 2. The first-order valence-electron chi connectivity index (χ1n) is 10.8. The van der Waals surface area contributed by atoms with Gasteiger partial charge in [-0.3, -0.25) is 9.36 Å². The van der Waals surface area contributed by atoms with Gasteiger partial charge < -0.3 is 4.74 Å². The maximum atomic E-state index is 13.8. The first-order valence-corrected chi connectivity index (χ1v) is 12.6. The lowest BCUT2D eigenvalue weighted by Crippen LogP contribution is -2.22. The monoisotopic (exact) mass is 460 g/mol. The Morgan fingerprint density at radius 1 is 1.09 bits per heavy atom. The molecule has 0 aliphatic heterocycles. The Kier molecular flexibility index (Phi) is 6.14. The van der Waals surface area contributed by atoms with E-state index >= 15 is 0 Å². The van der Waals surface area contributed by atoms with Crippen LogP contribution in [0.2, 0.25) is 0 Å². The molecule has 2 aromatic carbocycles. The van der Waals surface area contributed by atoms with E-state index in [1.807, 2.05) is 42.5 Å². The third-order valence-corrected chi connectivity index (χ3v) is 7.78. The molecule has 2 aromatic heterocycles. The van der Waals surface area contributed by atoms with Gasteiger partial charge in [0.05, 0.1) is 18.2 Å². The van der Waals surface area contributed by atoms with E-state index in [1.165, 1.54) is 16.9 Å². The van der Waals surface area contributed by atoms with Crippen molar-refractivity contribution in [3.63, 3.8) is 0 Å². The van der Waals surface area contributed by atoms with Gasteiger partial charge in [-0.05, 0) is 61.1 Å². The zero-order valence-corrected chi connectivity index (χ0v) is 19.5. The van der Waals surface area contributed by atoms with Gasteiger partial charge in [-0.2, -0.15) is 0 Å². The van der Waals surface area contributed by atoms with Gasteiger partial charge in [0.25, 0.3) is 5.56 Å². The average molecular weight is 461 g/mol. The lowest BCUT2D eigenvalue weighted by molar-refractivity contribution is 0.414. The summed E-state index contributed by atoms with van der Waals surface area (Å²) < 4.78 is 7.07. The Labute approximate surface area is 195 Å². The molecule has 0 saturated carbocycles. The molecule has 0 fully saturated rings. The number of methoxy groups -OCH3 is 1. The number of rotatable bonds is 6. The van der Waals surface area contributed by atoms with Crippen LogP contribution in [0.25, 0.3) is 22.0 Å². The van der Waals surface area contributed by atoms with Crippen LogP contribution in [0.5, 0.6) is 5.75 Å². The summed E-state index contributed by atoms with van der Waals surface area (Å²) in [6, 6.07) is 17.9. The molecule has 1 aliphatic rings. The summed E-state index contributed by atoms with van der Waals surface area (Å²) in [5, 5.41) is 1.54. The second-order valence-corrected chi connectivity index (χ2v) is 9.82. The van der Waals surface area contributed by atoms with Gasteiger partial charge in [-0.15, -0.1) is 11.3 Å². The van der Waals surface area contributed by atoms with Crippen LogP contribution in [0.4, 0.5) is 0 Å². The van der Waals surface area contributed by atoms with E-state index in [4.69, 9.17) is 9.72 Å². The zero-order chi connectivity index (χ0) is 21.9. The van der Waals surface area contributed by atoms with Gasteiger partial charge in [0.15, 0.2) is 5.16 Å². The molecular weight excluding hydrogens is 436 g/mol. The summed E-state index contributed by atoms with van der Waals surface area (Å²) in [4.78, 5) is 21.0. The first kappa shape index (κ1) is 21.0. The normalized spacial score (nSPS) is 13.5. The van der Waals surface area contributed by atoms with E-state index in [1.54, 1.807) is 34.8 Å². The topological polar surface area (TPSA) is 44.1 Å². The van der Waals surface area contributed by atoms with Crippen LogP contribution in [-0.2, 0) is 12.8 Å². The fraction of sp³-hybridized carbons (Fsp3) is 0.231. The minimum absolute atomic E-state index is 0.0362. The molecule has 0 unspecified atom stereocenters. The van der Waals surface area contributed by atoms with Crippen LogP contribution in [-0.4, -0.2) is 22.4 Å². The van der Waals surface area contributed by atoms with Gasteiger partial charge in [0, 0.05) is 10.6 Å². The van der Waals surface area contributed by atoms with Crippen molar-refractivity contribution in [2.75, 3.05) is 12.9 Å². The van der Waals surface area contributed by atoms with Crippen molar-refractivity contribution in [1.82, 2.24) is 9.55 Å². The van der Waals surface area contributed by atoms with Crippen molar-refractivity contribution in [3.05, 3.63) is 87.0 Å². The third-order valence-electron chi connectivity index (χ3n) is 5.71. The fourth-order valence-electron chi connectivity index (χ4n) is 4.11. The maximum absolute atomic E-state index is 13.8. The van der Waals surface area contributed by atoms with Crippen LogP contribution in [0, 0.1) is 0 Å². The number of thiophene rings is 1. The summed E-state index contributed by atoms with van der Waals surface area (Å²) >= 11 is 3.28. The highest BCUT2D eigenvalue weighted by Gasteiger charge is 2.22. The predicted octanol–water partition coefficient (Wildman–Crippen LogP) is 6.14. The Morgan fingerprint density at radius 3 is 2.66 bits per heavy atom. The maximum Gasteiger partial charge on any atom is 0.267 e. The molecule has 0 spiro atoms. The minimum atomic E-state index is 0.0362. The van der Waals surface area contributed by atoms with Crippen molar-refractivity contribution >= 4 is 39.4 Å². The molecule has 5 rings (SSSR count). The number of benzene rings is 2. The SMILES string of the molecule is COc1ccc(-n2c(SCC=Cc3ccccc3)nc3sc4c(c3c2=O)CCCC4)cc1. The van der Waals surface area contributed by atoms with Gasteiger partial charge in [0.1, 0.15) is 10.6 Å². The molecule has 162 valence electrons. The molecule has 0 saturated heterocycles. The van der Waals surface area contributed by atoms with Crippen LogP contribution in [0.3, 0.4) is 0 Å². The number of thioether (sulfide) groups is 1. The predicted molar refractivity (Wildman–Crippen MR) is 135 cm³/mol. The molecule has 1 aliphatic carbocycles. The van der Waals surface area contributed by atoms with Crippen molar-refractivity contribution in [2.24, 2.45) is 0 Å². The number of hydrogen-bond donors (Lipinski definition) is 0. The average Bonchev–Trinajstić information content (AvgIpc) is 3.21. The number of hydrogen-bond acceptors (Lipinski definition) is 5. The second kappa shape index (κ2) is 9.35.